The van der Waals surface area contributed by atoms with E-state index < -0.39 is 0 Å². The molecule has 0 bridgehead atoms. The van der Waals surface area contributed by atoms with Gasteiger partial charge in [0.1, 0.15) is 5.75 Å². The van der Waals surface area contributed by atoms with Gasteiger partial charge in [-0.1, -0.05) is 25.1 Å². The number of fused-ring (bicyclic) bond motifs is 3. The Morgan fingerprint density at radius 1 is 1.30 bits per heavy atom. The Morgan fingerprint density at radius 3 is 2.78 bits per heavy atom. The van der Waals surface area contributed by atoms with Gasteiger partial charge in [-0.25, -0.2) is 0 Å². The molecule has 5 heteroatoms. The summed E-state index contributed by atoms with van der Waals surface area (Å²) in [6.07, 6.45) is 1.63. The molecule has 1 N–H and O–H groups in total. The molecule has 0 unspecified atom stereocenters. The first kappa shape index (κ1) is 15.6. The lowest BCUT2D eigenvalue weighted by Gasteiger charge is -2.18. The van der Waals surface area contributed by atoms with E-state index in [0.717, 1.165) is 29.7 Å². The van der Waals surface area contributed by atoms with Gasteiger partial charge in [-0.05, 0) is 43.4 Å². The van der Waals surface area contributed by atoms with Gasteiger partial charge in [0.15, 0.2) is 11.5 Å². The number of hydrogen-bond acceptors (Lipinski definition) is 4. The van der Waals surface area contributed by atoms with E-state index in [1.54, 1.807) is 7.11 Å². The molecule has 0 radical (unpaired) electrons. The summed E-state index contributed by atoms with van der Waals surface area (Å²) in [7, 11) is 1.64. The maximum Gasteiger partial charge on any atom is 0.273 e. The number of aryl methyl sites for hydroxylation is 1. The highest BCUT2D eigenvalue weighted by Gasteiger charge is 2.28. The van der Waals surface area contributed by atoms with Gasteiger partial charge in [-0.3, -0.25) is 4.79 Å². The predicted octanol–water partition coefficient (Wildman–Crippen LogP) is 3.22. The Bertz CT molecular complexity index is 734. The van der Waals surface area contributed by atoms with E-state index in [-0.39, 0.29) is 11.9 Å². The second kappa shape index (κ2) is 6.07. The SMILES string of the molecule is COc1ccc2c(c1)-c1onc(C(=O)N[C@@H](C)C(C)C)c1CC2. The number of hydrogen-bond donors (Lipinski definition) is 1. The zero-order valence-electron chi connectivity index (χ0n) is 14.0. The van der Waals surface area contributed by atoms with Crippen LogP contribution in [0.3, 0.4) is 0 Å². The number of benzene rings is 1. The molecule has 1 aliphatic carbocycles. The number of nitrogens with zero attached hydrogens (tertiary/aromatic N) is 1. The molecule has 23 heavy (non-hydrogen) atoms. The summed E-state index contributed by atoms with van der Waals surface area (Å²) in [6, 6.07) is 6.01. The van der Waals surface area contributed by atoms with Crippen molar-refractivity contribution in [3.05, 3.63) is 35.0 Å². The van der Waals surface area contributed by atoms with Gasteiger partial charge in [0, 0.05) is 17.2 Å². The fourth-order valence-electron chi connectivity index (χ4n) is 2.74. The van der Waals surface area contributed by atoms with Gasteiger partial charge in [-0.2, -0.15) is 0 Å². The highest BCUT2D eigenvalue weighted by atomic mass is 16.5. The normalized spacial score (nSPS) is 14.1. The van der Waals surface area contributed by atoms with Crippen LogP contribution in [0.4, 0.5) is 0 Å². The van der Waals surface area contributed by atoms with Crippen molar-refractivity contribution in [1.29, 1.82) is 0 Å². The molecule has 0 spiro atoms. The molecule has 0 aliphatic heterocycles. The van der Waals surface area contributed by atoms with Crippen molar-refractivity contribution in [3.8, 4) is 17.1 Å². The van der Waals surface area contributed by atoms with Crippen LogP contribution >= 0.6 is 0 Å². The van der Waals surface area contributed by atoms with Crippen LogP contribution in [0.25, 0.3) is 11.3 Å². The minimum atomic E-state index is -0.164. The van der Waals surface area contributed by atoms with E-state index >= 15 is 0 Å². The number of carbonyl (C=O) groups excluding carboxylic acids is 1. The van der Waals surface area contributed by atoms with Crippen LogP contribution in [0.15, 0.2) is 22.7 Å². The quantitative estimate of drug-likeness (QED) is 0.941. The van der Waals surface area contributed by atoms with Crippen LogP contribution in [0.1, 0.15) is 42.4 Å². The van der Waals surface area contributed by atoms with E-state index in [4.69, 9.17) is 9.26 Å². The number of amides is 1. The summed E-state index contributed by atoms with van der Waals surface area (Å²) in [4.78, 5) is 12.5. The second-order valence-corrected chi connectivity index (χ2v) is 6.37. The fourth-order valence-corrected chi connectivity index (χ4v) is 2.74. The first-order valence-electron chi connectivity index (χ1n) is 7.98. The molecule has 1 aromatic heterocycles. The van der Waals surface area contributed by atoms with E-state index in [9.17, 15) is 4.79 Å². The molecular weight excluding hydrogens is 292 g/mol. The van der Waals surface area contributed by atoms with E-state index in [1.165, 1.54) is 5.56 Å². The maximum absolute atomic E-state index is 12.5. The summed E-state index contributed by atoms with van der Waals surface area (Å²) in [5.74, 6) is 1.66. The fraction of sp³-hybridized carbons (Fsp3) is 0.444. The van der Waals surface area contributed by atoms with Gasteiger partial charge < -0.3 is 14.6 Å². The molecule has 0 fully saturated rings. The molecule has 5 nitrogen and oxygen atoms in total. The van der Waals surface area contributed by atoms with Gasteiger partial charge in [0.25, 0.3) is 5.91 Å². The highest BCUT2D eigenvalue weighted by molar-refractivity contribution is 5.95. The lowest BCUT2D eigenvalue weighted by Crippen LogP contribution is -2.36. The Morgan fingerprint density at radius 2 is 2.09 bits per heavy atom. The van der Waals surface area contributed by atoms with Crippen LogP contribution in [0, 0.1) is 5.92 Å². The number of methoxy groups -OCH3 is 1. The van der Waals surface area contributed by atoms with Crippen molar-refractivity contribution in [2.45, 2.75) is 39.7 Å². The third-order valence-corrected chi connectivity index (χ3v) is 4.57. The summed E-state index contributed by atoms with van der Waals surface area (Å²) in [5, 5.41) is 7.03. The molecule has 0 saturated heterocycles. The number of aromatic nitrogens is 1. The minimum absolute atomic E-state index is 0.0887. The highest BCUT2D eigenvalue weighted by Crippen LogP contribution is 2.37. The van der Waals surface area contributed by atoms with Crippen LogP contribution in [0.2, 0.25) is 0 Å². The molecule has 1 aromatic carbocycles. The zero-order chi connectivity index (χ0) is 16.6. The standard InChI is InChI=1S/C18H22N2O3/c1-10(2)11(3)19-18(21)16-14-8-6-12-5-7-13(22-4)9-15(12)17(14)23-20-16/h5,7,9-11H,6,8H2,1-4H3,(H,19,21)/t11-/m0/s1. The topological polar surface area (TPSA) is 64.4 Å². The van der Waals surface area contributed by atoms with Crippen LogP contribution in [0.5, 0.6) is 5.75 Å². The largest absolute Gasteiger partial charge is 0.497 e. The van der Waals surface area contributed by atoms with Gasteiger partial charge >= 0.3 is 0 Å². The Balaban J connectivity index is 1.94. The number of ether oxygens (including phenoxy) is 1. The average Bonchev–Trinajstić information content (AvgIpc) is 2.98. The first-order chi connectivity index (χ1) is 11.0. The molecule has 1 aliphatic rings. The molecule has 1 atom stereocenters. The molecule has 1 heterocycles. The number of carbonyl (C=O) groups is 1. The molecule has 2 aromatic rings. The lowest BCUT2D eigenvalue weighted by molar-refractivity contribution is 0.0920. The average molecular weight is 314 g/mol. The maximum atomic E-state index is 12.5. The Labute approximate surface area is 136 Å². The van der Waals surface area contributed by atoms with Crippen molar-refractivity contribution >= 4 is 5.91 Å². The van der Waals surface area contributed by atoms with Gasteiger partial charge in [0.2, 0.25) is 0 Å². The van der Waals surface area contributed by atoms with Crippen LogP contribution in [-0.2, 0) is 12.8 Å². The second-order valence-electron chi connectivity index (χ2n) is 6.37. The predicted molar refractivity (Wildman–Crippen MR) is 87.7 cm³/mol. The van der Waals surface area contributed by atoms with Crippen molar-refractivity contribution < 1.29 is 14.1 Å². The summed E-state index contributed by atoms with van der Waals surface area (Å²) < 4.78 is 10.8. The van der Waals surface area contributed by atoms with Gasteiger partial charge in [0.05, 0.1) is 7.11 Å². The Hall–Kier alpha value is -2.30. The zero-order valence-corrected chi connectivity index (χ0v) is 14.0. The molecule has 3 rings (SSSR count). The smallest absolute Gasteiger partial charge is 0.273 e. The first-order valence-corrected chi connectivity index (χ1v) is 7.98. The third-order valence-electron chi connectivity index (χ3n) is 4.57. The molecule has 1 amide bonds. The van der Waals surface area contributed by atoms with E-state index in [1.807, 2.05) is 25.1 Å². The van der Waals surface area contributed by atoms with Crippen molar-refractivity contribution in [1.82, 2.24) is 10.5 Å². The Kier molecular flexibility index (Phi) is 4.11. The van der Waals surface area contributed by atoms with Crippen LogP contribution < -0.4 is 10.1 Å². The van der Waals surface area contributed by atoms with Crippen molar-refractivity contribution in [2.24, 2.45) is 5.92 Å². The lowest BCUT2D eigenvalue weighted by atomic mass is 9.89. The third kappa shape index (κ3) is 2.83. The summed E-state index contributed by atoms with van der Waals surface area (Å²) in [5.41, 5.74) is 3.45. The van der Waals surface area contributed by atoms with Gasteiger partial charge in [-0.15, -0.1) is 0 Å². The monoisotopic (exact) mass is 314 g/mol. The summed E-state index contributed by atoms with van der Waals surface area (Å²) in [6.45, 7) is 6.15. The molecule has 122 valence electrons. The minimum Gasteiger partial charge on any atom is -0.497 e. The number of rotatable bonds is 4. The van der Waals surface area contributed by atoms with E-state index in [0.29, 0.717) is 17.4 Å². The molecule has 0 saturated carbocycles. The van der Waals surface area contributed by atoms with E-state index in [2.05, 4.69) is 24.3 Å². The molecular formula is C18H22N2O3. The number of nitrogens with one attached hydrogen (secondary N) is 1. The summed E-state index contributed by atoms with van der Waals surface area (Å²) >= 11 is 0. The van der Waals surface area contributed by atoms with Crippen LogP contribution in [-0.4, -0.2) is 24.2 Å². The van der Waals surface area contributed by atoms with Crippen molar-refractivity contribution in [3.63, 3.8) is 0 Å². The van der Waals surface area contributed by atoms with Crippen molar-refractivity contribution in [2.75, 3.05) is 7.11 Å².